The highest BCUT2D eigenvalue weighted by Crippen LogP contribution is 2.28. The first-order valence-electron chi connectivity index (χ1n) is 15.6. The Labute approximate surface area is 238 Å². The van der Waals surface area contributed by atoms with Gasteiger partial charge in [-0.15, -0.1) is 0 Å². The molecule has 1 aromatic rings. The number of unbranched alkanes of at least 4 members (excludes halogenated alkanes) is 1. The zero-order chi connectivity index (χ0) is 28.6. The third-order valence-electron chi connectivity index (χ3n) is 7.48. The van der Waals surface area contributed by atoms with Gasteiger partial charge in [-0.1, -0.05) is 121 Å². The van der Waals surface area contributed by atoms with Crippen LogP contribution in [0.15, 0.2) is 43.0 Å². The average Bonchev–Trinajstić information content (AvgIpc) is 3.00. The van der Waals surface area contributed by atoms with Crippen molar-refractivity contribution >= 4 is 17.7 Å². The molecular weight excluding hydrogens is 488 g/mol. The summed E-state index contributed by atoms with van der Waals surface area (Å²) in [6.07, 6.45) is 19.9. The standard InChI is InChI=1S/C20H28O3.C12H20O2.C2H6/c21-19(18-11-5-2-6-12-18)13-7-8-16-23-20(22)15-14-17-9-3-1-4-10-17;1-2-10-14-12(13)9-8-11-6-4-3-5-7-11;1-2/h2,5-6,11-12,17H,1,3-4,7-10,13-16H2;2,11H,1,3-10H2;1-2H3. The van der Waals surface area contributed by atoms with Gasteiger partial charge in [0, 0.05) is 24.8 Å². The van der Waals surface area contributed by atoms with E-state index in [0.29, 0.717) is 32.5 Å². The highest BCUT2D eigenvalue weighted by molar-refractivity contribution is 5.95. The zero-order valence-electron chi connectivity index (χ0n) is 24.8. The predicted molar refractivity (Wildman–Crippen MR) is 160 cm³/mol. The van der Waals surface area contributed by atoms with E-state index < -0.39 is 0 Å². The minimum atomic E-state index is -0.0787. The fraction of sp³-hybridized carbons (Fsp3) is 0.676. The lowest BCUT2D eigenvalue weighted by atomic mass is 9.86. The fourth-order valence-electron chi connectivity index (χ4n) is 5.23. The van der Waals surface area contributed by atoms with Crippen molar-refractivity contribution in [3.63, 3.8) is 0 Å². The maximum absolute atomic E-state index is 11.9. The third-order valence-corrected chi connectivity index (χ3v) is 7.48. The summed E-state index contributed by atoms with van der Waals surface area (Å²) in [6, 6.07) is 9.34. The molecule has 39 heavy (non-hydrogen) atoms. The Balaban J connectivity index is 0.000000407. The van der Waals surface area contributed by atoms with E-state index in [9.17, 15) is 14.4 Å². The second-order valence-corrected chi connectivity index (χ2v) is 10.5. The molecule has 0 saturated heterocycles. The molecule has 5 nitrogen and oxygen atoms in total. The van der Waals surface area contributed by atoms with Crippen LogP contribution in [0.25, 0.3) is 0 Å². The quantitative estimate of drug-likeness (QED) is 0.101. The third kappa shape index (κ3) is 17.7. The maximum Gasteiger partial charge on any atom is 0.306 e. The number of hydrogen-bond acceptors (Lipinski definition) is 5. The molecule has 0 bridgehead atoms. The molecular formula is C34H54O5. The second-order valence-electron chi connectivity index (χ2n) is 10.5. The molecule has 1 aromatic carbocycles. The van der Waals surface area contributed by atoms with Gasteiger partial charge < -0.3 is 9.47 Å². The van der Waals surface area contributed by atoms with Crippen LogP contribution in [0.4, 0.5) is 0 Å². The summed E-state index contributed by atoms with van der Waals surface area (Å²) in [7, 11) is 0. The van der Waals surface area contributed by atoms with Crippen molar-refractivity contribution in [3.05, 3.63) is 48.6 Å². The normalized spacial score (nSPS) is 15.5. The summed E-state index contributed by atoms with van der Waals surface area (Å²) >= 11 is 0. The van der Waals surface area contributed by atoms with E-state index in [2.05, 4.69) is 6.58 Å². The number of rotatable bonds is 14. The Morgan fingerprint density at radius 1 is 0.744 bits per heavy atom. The Hall–Kier alpha value is -2.43. The van der Waals surface area contributed by atoms with Crippen molar-refractivity contribution in [2.24, 2.45) is 11.8 Å². The molecule has 2 aliphatic carbocycles. The molecule has 5 heteroatoms. The van der Waals surface area contributed by atoms with Gasteiger partial charge in [0.15, 0.2) is 5.78 Å². The van der Waals surface area contributed by atoms with Gasteiger partial charge in [-0.2, -0.15) is 0 Å². The van der Waals surface area contributed by atoms with Gasteiger partial charge in [0.1, 0.15) is 6.61 Å². The number of carbonyl (C=O) groups excluding carboxylic acids is 3. The topological polar surface area (TPSA) is 69.7 Å². The van der Waals surface area contributed by atoms with Gasteiger partial charge in [-0.3, -0.25) is 14.4 Å². The van der Waals surface area contributed by atoms with E-state index in [1.165, 1.54) is 64.2 Å². The minimum absolute atomic E-state index is 0.0736. The van der Waals surface area contributed by atoms with Gasteiger partial charge in [-0.05, 0) is 37.5 Å². The number of Topliss-reactive ketones (excluding diaryl/α,β-unsaturated/α-hetero) is 1. The van der Waals surface area contributed by atoms with Gasteiger partial charge in [-0.25, -0.2) is 0 Å². The van der Waals surface area contributed by atoms with Gasteiger partial charge in [0.2, 0.25) is 0 Å². The van der Waals surface area contributed by atoms with Crippen molar-refractivity contribution in [2.75, 3.05) is 13.2 Å². The van der Waals surface area contributed by atoms with Crippen molar-refractivity contribution in [3.8, 4) is 0 Å². The highest BCUT2D eigenvalue weighted by atomic mass is 16.5. The molecule has 0 heterocycles. The summed E-state index contributed by atoms with van der Waals surface area (Å²) in [5.74, 6) is 1.49. The molecule has 2 saturated carbocycles. The van der Waals surface area contributed by atoms with E-state index in [1.807, 2.05) is 44.2 Å². The van der Waals surface area contributed by atoms with E-state index in [4.69, 9.17) is 9.47 Å². The van der Waals surface area contributed by atoms with Crippen LogP contribution in [0, 0.1) is 11.8 Å². The molecule has 0 aliphatic heterocycles. The van der Waals surface area contributed by atoms with Crippen molar-refractivity contribution < 1.29 is 23.9 Å². The molecule has 3 rings (SSSR count). The van der Waals surface area contributed by atoms with E-state index in [0.717, 1.165) is 43.1 Å². The molecule has 0 atom stereocenters. The summed E-state index contributed by atoms with van der Waals surface area (Å²) < 4.78 is 10.2. The number of esters is 2. The largest absolute Gasteiger partial charge is 0.466 e. The molecule has 0 amide bonds. The summed E-state index contributed by atoms with van der Waals surface area (Å²) in [5.41, 5.74) is 0.761. The molecule has 2 aliphatic rings. The minimum Gasteiger partial charge on any atom is -0.466 e. The lowest BCUT2D eigenvalue weighted by molar-refractivity contribution is -0.144. The number of ether oxygens (including phenoxy) is 2. The van der Waals surface area contributed by atoms with Crippen LogP contribution >= 0.6 is 0 Å². The Morgan fingerprint density at radius 3 is 1.77 bits per heavy atom. The lowest BCUT2D eigenvalue weighted by Crippen LogP contribution is -2.11. The van der Waals surface area contributed by atoms with Crippen LogP contribution in [-0.4, -0.2) is 30.9 Å². The Morgan fingerprint density at radius 2 is 1.26 bits per heavy atom. The fourth-order valence-corrected chi connectivity index (χ4v) is 5.23. The van der Waals surface area contributed by atoms with Crippen molar-refractivity contribution in [2.45, 2.75) is 123 Å². The molecule has 0 aromatic heterocycles. The number of hydrogen-bond donors (Lipinski definition) is 0. The van der Waals surface area contributed by atoms with E-state index in [1.54, 1.807) is 6.08 Å². The number of benzene rings is 1. The van der Waals surface area contributed by atoms with Crippen LogP contribution in [-0.2, 0) is 19.1 Å². The molecule has 2 fully saturated rings. The van der Waals surface area contributed by atoms with Crippen molar-refractivity contribution in [1.82, 2.24) is 0 Å². The first-order chi connectivity index (χ1) is 19.1. The molecule has 0 unspecified atom stereocenters. The number of ketones is 1. The average molecular weight is 543 g/mol. The van der Waals surface area contributed by atoms with Crippen LogP contribution in [0.3, 0.4) is 0 Å². The van der Waals surface area contributed by atoms with Crippen LogP contribution < -0.4 is 0 Å². The van der Waals surface area contributed by atoms with E-state index in [-0.39, 0.29) is 17.7 Å². The second kappa shape index (κ2) is 23.5. The van der Waals surface area contributed by atoms with Gasteiger partial charge >= 0.3 is 11.9 Å². The summed E-state index contributed by atoms with van der Waals surface area (Å²) in [4.78, 5) is 34.8. The van der Waals surface area contributed by atoms with Gasteiger partial charge in [0.05, 0.1) is 6.61 Å². The Kier molecular flexibility index (Phi) is 20.8. The van der Waals surface area contributed by atoms with Crippen LogP contribution in [0.2, 0.25) is 0 Å². The number of carbonyl (C=O) groups is 3. The lowest BCUT2D eigenvalue weighted by Gasteiger charge is -2.20. The summed E-state index contributed by atoms with van der Waals surface area (Å²) in [6.45, 7) is 8.29. The van der Waals surface area contributed by atoms with E-state index >= 15 is 0 Å². The summed E-state index contributed by atoms with van der Waals surface area (Å²) in [5, 5.41) is 0. The molecule has 0 N–H and O–H groups in total. The molecule has 0 spiro atoms. The Bertz CT molecular complexity index is 776. The smallest absolute Gasteiger partial charge is 0.306 e. The highest BCUT2D eigenvalue weighted by Gasteiger charge is 2.16. The van der Waals surface area contributed by atoms with Crippen LogP contribution in [0.5, 0.6) is 0 Å². The molecule has 0 radical (unpaired) electrons. The SMILES string of the molecule is C=CCOC(=O)CCC1CCCCC1.CC.O=C(CCC1CCCCC1)OCCCCC(=O)c1ccccc1. The van der Waals surface area contributed by atoms with Crippen molar-refractivity contribution in [1.29, 1.82) is 0 Å². The molecule has 220 valence electrons. The monoisotopic (exact) mass is 542 g/mol. The maximum atomic E-state index is 11.9. The zero-order valence-corrected chi connectivity index (χ0v) is 24.8. The van der Waals surface area contributed by atoms with Crippen LogP contribution in [0.1, 0.15) is 133 Å². The van der Waals surface area contributed by atoms with Gasteiger partial charge in [0.25, 0.3) is 0 Å². The predicted octanol–water partition coefficient (Wildman–Crippen LogP) is 9.05. The first kappa shape index (κ1) is 34.6. The first-order valence-corrected chi connectivity index (χ1v) is 15.6.